The van der Waals surface area contributed by atoms with Crippen LogP contribution in [0, 0.1) is 12.8 Å². The average Bonchev–Trinajstić information content (AvgIpc) is 3.18. The summed E-state index contributed by atoms with van der Waals surface area (Å²) < 4.78 is 17.1. The Morgan fingerprint density at radius 1 is 0.974 bits per heavy atom. The van der Waals surface area contributed by atoms with Gasteiger partial charge in [0.05, 0.1) is 31.9 Å². The summed E-state index contributed by atoms with van der Waals surface area (Å²) >= 11 is 6.09. The van der Waals surface area contributed by atoms with Gasteiger partial charge in [0.25, 0.3) is 11.7 Å². The van der Waals surface area contributed by atoms with Crippen LogP contribution in [0.25, 0.3) is 5.76 Å². The van der Waals surface area contributed by atoms with E-state index in [1.807, 2.05) is 13.8 Å². The van der Waals surface area contributed by atoms with Crippen LogP contribution in [0.15, 0.2) is 66.2 Å². The third-order valence-corrected chi connectivity index (χ3v) is 6.62. The zero-order chi connectivity index (χ0) is 28.3. The summed E-state index contributed by atoms with van der Waals surface area (Å²) in [5.41, 5.74) is 2.21. The van der Waals surface area contributed by atoms with Crippen LogP contribution in [0.2, 0.25) is 5.02 Å². The number of carbonyl (C=O) groups is 2. The highest BCUT2D eigenvalue weighted by Gasteiger charge is 2.47. The van der Waals surface area contributed by atoms with E-state index >= 15 is 0 Å². The van der Waals surface area contributed by atoms with Crippen LogP contribution in [-0.2, 0) is 9.59 Å². The number of amides is 1. The standard InChI is InChI=1S/C31H32ClNO6/c1-6-38-26-16-20(7-14-25(26)37-5)28-27(30(35)31(36)33(28)23-11-9-22(32)10-12-23)29(34)21-8-13-24(19(4)15-21)39-17-18(2)3/h7-16,18,28,34H,6,17H2,1-5H3/b29-27-. The van der Waals surface area contributed by atoms with E-state index in [0.717, 1.165) is 5.56 Å². The molecular formula is C31H32ClNO6. The number of halogens is 1. The summed E-state index contributed by atoms with van der Waals surface area (Å²) in [6, 6.07) is 16.1. The molecule has 1 saturated heterocycles. The van der Waals surface area contributed by atoms with Crippen LogP contribution in [0.5, 0.6) is 17.2 Å². The molecule has 4 rings (SSSR count). The Hall–Kier alpha value is -3.97. The van der Waals surface area contributed by atoms with E-state index in [2.05, 4.69) is 13.8 Å². The molecule has 7 nitrogen and oxygen atoms in total. The Labute approximate surface area is 233 Å². The number of ketones is 1. The maximum absolute atomic E-state index is 13.5. The van der Waals surface area contributed by atoms with Gasteiger partial charge in [-0.2, -0.15) is 0 Å². The van der Waals surface area contributed by atoms with E-state index in [4.69, 9.17) is 25.8 Å². The number of aliphatic hydroxyl groups excluding tert-OH is 1. The van der Waals surface area contributed by atoms with E-state index in [-0.39, 0.29) is 11.3 Å². The molecule has 0 bridgehead atoms. The summed E-state index contributed by atoms with van der Waals surface area (Å²) in [4.78, 5) is 28.3. The second-order valence-corrected chi connectivity index (χ2v) is 10.1. The molecule has 1 aliphatic rings. The van der Waals surface area contributed by atoms with E-state index < -0.39 is 17.7 Å². The van der Waals surface area contributed by atoms with Gasteiger partial charge >= 0.3 is 0 Å². The van der Waals surface area contributed by atoms with Crippen molar-refractivity contribution in [2.75, 3.05) is 25.2 Å². The minimum Gasteiger partial charge on any atom is -0.507 e. The van der Waals surface area contributed by atoms with Gasteiger partial charge in [-0.3, -0.25) is 14.5 Å². The molecule has 1 amide bonds. The molecule has 8 heteroatoms. The number of rotatable bonds is 9. The highest BCUT2D eigenvalue weighted by molar-refractivity contribution is 6.51. The highest BCUT2D eigenvalue weighted by Crippen LogP contribution is 2.44. The summed E-state index contributed by atoms with van der Waals surface area (Å²) in [5.74, 6) is 0.188. The largest absolute Gasteiger partial charge is 0.507 e. The molecular weight excluding hydrogens is 518 g/mol. The van der Waals surface area contributed by atoms with Gasteiger partial charge in [-0.1, -0.05) is 31.5 Å². The quantitative estimate of drug-likeness (QED) is 0.181. The Morgan fingerprint density at radius 3 is 2.28 bits per heavy atom. The number of hydrogen-bond donors (Lipinski definition) is 1. The third-order valence-electron chi connectivity index (χ3n) is 6.37. The predicted molar refractivity (Wildman–Crippen MR) is 152 cm³/mol. The summed E-state index contributed by atoms with van der Waals surface area (Å²) in [6.07, 6.45) is 0. The minimum absolute atomic E-state index is 0.0298. The normalized spacial score (nSPS) is 16.6. The van der Waals surface area contributed by atoms with Crippen molar-refractivity contribution in [3.63, 3.8) is 0 Å². The molecule has 1 unspecified atom stereocenters. The van der Waals surface area contributed by atoms with Gasteiger partial charge in [0, 0.05) is 16.3 Å². The lowest BCUT2D eigenvalue weighted by atomic mass is 9.94. The Kier molecular flexibility index (Phi) is 8.51. The summed E-state index contributed by atoms with van der Waals surface area (Å²) in [6.45, 7) is 8.79. The van der Waals surface area contributed by atoms with Crippen molar-refractivity contribution in [1.29, 1.82) is 0 Å². The molecule has 0 aliphatic carbocycles. The summed E-state index contributed by atoms with van der Waals surface area (Å²) in [5, 5.41) is 12.0. The van der Waals surface area contributed by atoms with Crippen molar-refractivity contribution in [2.24, 2.45) is 5.92 Å². The van der Waals surface area contributed by atoms with Gasteiger partial charge in [0.15, 0.2) is 11.5 Å². The average molecular weight is 550 g/mol. The molecule has 0 spiro atoms. The van der Waals surface area contributed by atoms with Gasteiger partial charge in [0.2, 0.25) is 0 Å². The predicted octanol–water partition coefficient (Wildman–Crippen LogP) is 6.72. The Bertz CT molecular complexity index is 1410. The molecule has 1 N–H and O–H groups in total. The molecule has 1 aliphatic heterocycles. The fourth-order valence-electron chi connectivity index (χ4n) is 4.52. The molecule has 1 heterocycles. The number of nitrogens with zero attached hydrogens (tertiary/aromatic N) is 1. The first-order valence-corrected chi connectivity index (χ1v) is 13.1. The number of benzene rings is 3. The fraction of sp³-hybridized carbons (Fsp3) is 0.290. The molecule has 0 radical (unpaired) electrons. The molecule has 39 heavy (non-hydrogen) atoms. The number of anilines is 1. The highest BCUT2D eigenvalue weighted by atomic mass is 35.5. The lowest BCUT2D eigenvalue weighted by Gasteiger charge is -2.26. The minimum atomic E-state index is -0.923. The molecule has 0 aromatic heterocycles. The maximum Gasteiger partial charge on any atom is 0.300 e. The number of hydrogen-bond acceptors (Lipinski definition) is 6. The van der Waals surface area contributed by atoms with Crippen molar-refractivity contribution in [1.82, 2.24) is 0 Å². The van der Waals surface area contributed by atoms with Crippen molar-refractivity contribution in [3.8, 4) is 17.2 Å². The van der Waals surface area contributed by atoms with Crippen LogP contribution in [0.3, 0.4) is 0 Å². The molecule has 0 saturated carbocycles. The lowest BCUT2D eigenvalue weighted by Crippen LogP contribution is -2.29. The van der Waals surface area contributed by atoms with Gasteiger partial charge < -0.3 is 19.3 Å². The van der Waals surface area contributed by atoms with Crippen LogP contribution in [0.1, 0.15) is 43.5 Å². The van der Waals surface area contributed by atoms with Crippen molar-refractivity contribution >= 4 is 34.7 Å². The molecule has 1 atom stereocenters. The Balaban J connectivity index is 1.89. The first kappa shape index (κ1) is 28.0. The number of Topliss-reactive ketones (excluding diaryl/α,β-unsaturated/α-hetero) is 1. The topological polar surface area (TPSA) is 85.3 Å². The molecule has 204 valence electrons. The fourth-order valence-corrected chi connectivity index (χ4v) is 4.64. The zero-order valence-corrected chi connectivity index (χ0v) is 23.4. The number of ether oxygens (including phenoxy) is 3. The van der Waals surface area contributed by atoms with E-state index in [1.54, 1.807) is 60.7 Å². The van der Waals surface area contributed by atoms with E-state index in [0.29, 0.717) is 58.2 Å². The monoisotopic (exact) mass is 549 g/mol. The van der Waals surface area contributed by atoms with Gasteiger partial charge in [-0.25, -0.2) is 0 Å². The first-order valence-electron chi connectivity index (χ1n) is 12.8. The number of methoxy groups -OCH3 is 1. The van der Waals surface area contributed by atoms with Crippen LogP contribution >= 0.6 is 11.6 Å². The number of carbonyl (C=O) groups excluding carboxylic acids is 2. The lowest BCUT2D eigenvalue weighted by molar-refractivity contribution is -0.132. The van der Waals surface area contributed by atoms with E-state index in [1.165, 1.54) is 12.0 Å². The summed E-state index contributed by atoms with van der Waals surface area (Å²) in [7, 11) is 1.54. The molecule has 3 aromatic rings. The van der Waals surface area contributed by atoms with Gasteiger partial charge in [0.1, 0.15) is 11.5 Å². The third kappa shape index (κ3) is 5.73. The second-order valence-electron chi connectivity index (χ2n) is 9.67. The van der Waals surface area contributed by atoms with Crippen molar-refractivity contribution < 1.29 is 28.9 Å². The first-order chi connectivity index (χ1) is 18.7. The van der Waals surface area contributed by atoms with Crippen LogP contribution in [0.4, 0.5) is 5.69 Å². The Morgan fingerprint density at radius 2 is 1.67 bits per heavy atom. The molecule has 1 fully saturated rings. The van der Waals surface area contributed by atoms with Crippen molar-refractivity contribution in [2.45, 2.75) is 33.7 Å². The van der Waals surface area contributed by atoms with Crippen LogP contribution < -0.4 is 19.1 Å². The molecule has 3 aromatic carbocycles. The van der Waals surface area contributed by atoms with Crippen LogP contribution in [-0.4, -0.2) is 37.1 Å². The smallest absolute Gasteiger partial charge is 0.300 e. The van der Waals surface area contributed by atoms with Crippen molar-refractivity contribution in [3.05, 3.63) is 87.9 Å². The number of aliphatic hydroxyl groups is 1. The van der Waals surface area contributed by atoms with Gasteiger partial charge in [-0.05, 0) is 85.5 Å². The SMILES string of the molecule is CCOc1cc(C2/C(=C(/O)c3ccc(OCC(C)C)c(C)c3)C(=O)C(=O)N2c2ccc(Cl)cc2)ccc1OC. The maximum atomic E-state index is 13.5. The zero-order valence-electron chi connectivity index (χ0n) is 22.7. The second kappa shape index (κ2) is 11.8. The van der Waals surface area contributed by atoms with E-state index in [9.17, 15) is 14.7 Å². The number of aryl methyl sites for hydroxylation is 1. The van der Waals surface area contributed by atoms with Gasteiger partial charge in [-0.15, -0.1) is 0 Å².